The summed E-state index contributed by atoms with van der Waals surface area (Å²) in [5.74, 6) is -1.63. The predicted molar refractivity (Wildman–Crippen MR) is 60.7 cm³/mol. The van der Waals surface area contributed by atoms with Gasteiger partial charge in [0.25, 0.3) is 10.0 Å². The summed E-state index contributed by atoms with van der Waals surface area (Å²) in [6.45, 7) is 0. The molecule has 2 unspecified atom stereocenters. The first-order valence-electron chi connectivity index (χ1n) is 5.88. The molecule has 5 nitrogen and oxygen atoms in total. The molecular weight excluding hydrogens is 283 g/mol. The average molecular weight is 297 g/mol. The second kappa shape index (κ2) is 5.12. The van der Waals surface area contributed by atoms with Crippen LogP contribution in [0.2, 0.25) is 0 Å². The van der Waals surface area contributed by atoms with E-state index in [9.17, 15) is 21.6 Å². The van der Waals surface area contributed by atoms with Crippen LogP contribution in [0.4, 0.5) is 13.2 Å². The minimum Gasteiger partial charge on any atom is -0.335 e. The molecule has 19 heavy (non-hydrogen) atoms. The number of alkyl halides is 3. The molecule has 0 aliphatic heterocycles. The van der Waals surface area contributed by atoms with Gasteiger partial charge in [-0.25, -0.2) is 18.1 Å². The number of hydrogen-bond donors (Lipinski definition) is 2. The molecule has 108 valence electrons. The number of nitrogens with zero attached hydrogens (tertiary/aromatic N) is 1. The number of aromatic nitrogens is 2. The smallest absolute Gasteiger partial charge is 0.335 e. The quantitative estimate of drug-likeness (QED) is 0.893. The van der Waals surface area contributed by atoms with Gasteiger partial charge in [0.15, 0.2) is 5.03 Å². The van der Waals surface area contributed by atoms with Gasteiger partial charge in [-0.15, -0.1) is 0 Å². The highest BCUT2D eigenvalue weighted by molar-refractivity contribution is 7.89. The van der Waals surface area contributed by atoms with Gasteiger partial charge in [-0.05, 0) is 12.8 Å². The van der Waals surface area contributed by atoms with Crippen molar-refractivity contribution in [3.8, 4) is 0 Å². The van der Waals surface area contributed by atoms with Crippen molar-refractivity contribution in [1.82, 2.24) is 14.7 Å². The van der Waals surface area contributed by atoms with Crippen molar-refractivity contribution in [1.29, 1.82) is 0 Å². The van der Waals surface area contributed by atoms with Crippen LogP contribution in [0.25, 0.3) is 0 Å². The van der Waals surface area contributed by atoms with Gasteiger partial charge in [-0.3, -0.25) is 0 Å². The molecule has 0 spiro atoms. The fraction of sp³-hybridized carbons (Fsp3) is 0.700. The molecule has 2 rings (SSSR count). The number of nitrogens with one attached hydrogen (secondary N) is 2. The Morgan fingerprint density at radius 1 is 1.32 bits per heavy atom. The zero-order valence-corrected chi connectivity index (χ0v) is 10.8. The molecular formula is C10H14F3N3O2S. The lowest BCUT2D eigenvalue weighted by molar-refractivity contribution is -0.187. The van der Waals surface area contributed by atoms with Gasteiger partial charge in [-0.1, -0.05) is 12.8 Å². The maximum absolute atomic E-state index is 12.9. The van der Waals surface area contributed by atoms with Crippen molar-refractivity contribution < 1.29 is 21.6 Å². The Hall–Kier alpha value is -1.09. The molecule has 1 saturated carbocycles. The maximum Gasteiger partial charge on any atom is 0.393 e. The van der Waals surface area contributed by atoms with E-state index in [0.717, 1.165) is 12.5 Å². The number of aromatic amines is 1. The Morgan fingerprint density at radius 2 is 2.00 bits per heavy atom. The fourth-order valence-corrected chi connectivity index (χ4v) is 3.53. The molecule has 0 aromatic carbocycles. The van der Waals surface area contributed by atoms with Crippen molar-refractivity contribution in [2.75, 3.05) is 0 Å². The third-order valence-electron chi connectivity index (χ3n) is 3.26. The third kappa shape index (κ3) is 3.27. The van der Waals surface area contributed by atoms with Gasteiger partial charge in [-0.2, -0.15) is 13.2 Å². The zero-order chi connectivity index (χ0) is 14.1. The van der Waals surface area contributed by atoms with Crippen molar-refractivity contribution in [3.63, 3.8) is 0 Å². The lowest BCUT2D eigenvalue weighted by Gasteiger charge is -2.33. The summed E-state index contributed by atoms with van der Waals surface area (Å²) in [4.78, 5) is 5.93. The highest BCUT2D eigenvalue weighted by atomic mass is 32.2. The van der Waals surface area contributed by atoms with Gasteiger partial charge in [0.2, 0.25) is 0 Å². The molecule has 1 aliphatic rings. The largest absolute Gasteiger partial charge is 0.393 e. The van der Waals surface area contributed by atoms with Crippen molar-refractivity contribution in [3.05, 3.63) is 12.5 Å². The van der Waals surface area contributed by atoms with Crippen LogP contribution in [0.3, 0.4) is 0 Å². The molecule has 0 bridgehead atoms. The normalized spacial score (nSPS) is 25.4. The predicted octanol–water partition coefficient (Wildman–Crippen LogP) is 1.81. The summed E-state index contributed by atoms with van der Waals surface area (Å²) in [5.41, 5.74) is 0. The van der Waals surface area contributed by atoms with Gasteiger partial charge in [0.1, 0.15) is 0 Å². The third-order valence-corrected chi connectivity index (χ3v) is 4.67. The molecule has 1 heterocycles. The molecule has 9 heteroatoms. The van der Waals surface area contributed by atoms with E-state index >= 15 is 0 Å². The topological polar surface area (TPSA) is 74.8 Å². The van der Waals surface area contributed by atoms with E-state index in [1.165, 1.54) is 0 Å². The number of halogens is 3. The minimum atomic E-state index is -4.39. The summed E-state index contributed by atoms with van der Waals surface area (Å²) >= 11 is 0. The Labute approximate surface area is 108 Å². The number of sulfonamides is 1. The SMILES string of the molecule is O=S(=O)(NC1CCCCC1C(F)(F)F)c1cnc[nH]1. The standard InChI is InChI=1S/C10H14F3N3O2S/c11-10(12,13)7-3-1-2-4-8(7)16-19(17,18)9-5-14-6-15-9/h5-8,16H,1-4H2,(H,14,15). The monoisotopic (exact) mass is 297 g/mol. The van der Waals surface area contributed by atoms with Gasteiger partial charge < -0.3 is 4.98 Å². The van der Waals surface area contributed by atoms with Crippen LogP contribution < -0.4 is 4.72 Å². The maximum atomic E-state index is 12.9. The second-order valence-electron chi connectivity index (χ2n) is 4.58. The van der Waals surface area contributed by atoms with Crippen LogP contribution in [-0.2, 0) is 10.0 Å². The second-order valence-corrected chi connectivity index (χ2v) is 6.26. The fourth-order valence-electron chi connectivity index (χ4n) is 2.32. The van der Waals surface area contributed by atoms with Gasteiger partial charge in [0, 0.05) is 6.04 Å². The molecule has 2 N–H and O–H groups in total. The molecule has 1 aromatic rings. The highest BCUT2D eigenvalue weighted by Gasteiger charge is 2.46. The first-order valence-corrected chi connectivity index (χ1v) is 7.36. The molecule has 0 saturated heterocycles. The molecule has 0 radical (unpaired) electrons. The van der Waals surface area contributed by atoms with Crippen LogP contribution in [0, 0.1) is 5.92 Å². The van der Waals surface area contributed by atoms with E-state index in [-0.39, 0.29) is 17.9 Å². The number of rotatable bonds is 3. The molecule has 1 fully saturated rings. The number of H-pyrrole nitrogens is 1. The summed E-state index contributed by atoms with van der Waals surface area (Å²) in [6.07, 6.45) is -0.960. The van der Waals surface area contributed by atoms with Gasteiger partial charge in [0.05, 0.1) is 18.4 Å². The van der Waals surface area contributed by atoms with Crippen LogP contribution in [0.5, 0.6) is 0 Å². The van der Waals surface area contributed by atoms with Gasteiger partial charge >= 0.3 is 6.18 Å². The van der Waals surface area contributed by atoms with E-state index in [4.69, 9.17) is 0 Å². The number of hydrogen-bond acceptors (Lipinski definition) is 3. The van der Waals surface area contributed by atoms with Crippen LogP contribution in [-0.4, -0.2) is 30.6 Å². The number of imidazole rings is 1. The Bertz CT molecular complexity index is 513. The van der Waals surface area contributed by atoms with Crippen molar-refractivity contribution >= 4 is 10.0 Å². The van der Waals surface area contributed by atoms with E-state index in [1.54, 1.807) is 0 Å². The molecule has 2 atom stereocenters. The van der Waals surface area contributed by atoms with E-state index < -0.39 is 28.2 Å². The van der Waals surface area contributed by atoms with Crippen LogP contribution in [0.1, 0.15) is 25.7 Å². The minimum absolute atomic E-state index is 0.0420. The zero-order valence-electron chi connectivity index (χ0n) is 9.94. The van der Waals surface area contributed by atoms with E-state index in [1.807, 2.05) is 0 Å². The Kier molecular flexibility index (Phi) is 3.86. The van der Waals surface area contributed by atoms with E-state index in [2.05, 4.69) is 14.7 Å². The lowest BCUT2D eigenvalue weighted by Crippen LogP contribution is -2.47. The van der Waals surface area contributed by atoms with Crippen molar-refractivity contribution in [2.24, 2.45) is 5.92 Å². The first-order chi connectivity index (χ1) is 8.81. The molecule has 1 aliphatic carbocycles. The van der Waals surface area contributed by atoms with Crippen molar-refractivity contribution in [2.45, 2.75) is 42.9 Å². The lowest BCUT2D eigenvalue weighted by atomic mass is 9.85. The summed E-state index contributed by atoms with van der Waals surface area (Å²) in [6, 6.07) is -1.11. The Morgan fingerprint density at radius 3 is 2.58 bits per heavy atom. The summed E-state index contributed by atoms with van der Waals surface area (Å²) in [7, 11) is -3.98. The average Bonchev–Trinajstić information content (AvgIpc) is 2.81. The molecule has 1 aromatic heterocycles. The Balaban J connectivity index is 2.17. The van der Waals surface area contributed by atoms with E-state index in [0.29, 0.717) is 12.8 Å². The highest BCUT2D eigenvalue weighted by Crippen LogP contribution is 2.38. The summed E-state index contributed by atoms with van der Waals surface area (Å²) in [5, 5.41) is -0.223. The van der Waals surface area contributed by atoms with Crippen LogP contribution >= 0.6 is 0 Å². The first kappa shape index (κ1) is 14.3. The summed E-state index contributed by atoms with van der Waals surface area (Å²) < 4.78 is 64.5. The molecule has 0 amide bonds. The van der Waals surface area contributed by atoms with Crippen LogP contribution in [0.15, 0.2) is 17.6 Å².